The van der Waals surface area contributed by atoms with E-state index >= 15 is 0 Å². The highest BCUT2D eigenvalue weighted by molar-refractivity contribution is 7.47. The summed E-state index contributed by atoms with van der Waals surface area (Å²) in [5.41, 5.74) is 0. The van der Waals surface area contributed by atoms with Crippen LogP contribution in [0, 0.1) is 0 Å². The molecule has 3 N–H and O–H groups in total. The molecule has 0 aromatic heterocycles. The lowest BCUT2D eigenvalue weighted by atomic mass is 10.0. The number of amides is 1. The molecule has 10 heteroatoms. The summed E-state index contributed by atoms with van der Waals surface area (Å²) in [6.07, 6.45) is 50.1. The van der Waals surface area contributed by atoms with Crippen molar-refractivity contribution in [3.63, 3.8) is 0 Å². The van der Waals surface area contributed by atoms with Gasteiger partial charge in [-0.1, -0.05) is 219 Å². The summed E-state index contributed by atoms with van der Waals surface area (Å²) in [7, 11) is -4.41. The van der Waals surface area contributed by atoms with Crippen molar-refractivity contribution in [2.75, 3.05) is 26.4 Å². The normalized spacial score (nSPS) is 13.2. The maximum Gasteiger partial charge on any atom is 0.472 e. The monoisotopic (exact) mass is 858 g/mol. The highest BCUT2D eigenvalue weighted by Crippen LogP contribution is 2.42. The third kappa shape index (κ3) is 47.6. The summed E-state index contributed by atoms with van der Waals surface area (Å²) in [5, 5.41) is 12.7. The molecule has 0 fully saturated rings. The van der Waals surface area contributed by atoms with Crippen LogP contribution in [0.1, 0.15) is 258 Å². The van der Waals surface area contributed by atoms with Crippen molar-refractivity contribution in [2.45, 2.75) is 264 Å². The molecule has 2 unspecified atom stereocenters. The molecule has 59 heavy (non-hydrogen) atoms. The molecule has 350 valence electrons. The molecular formula is C49H96NO8P. The van der Waals surface area contributed by atoms with Gasteiger partial charge in [0, 0.05) is 19.4 Å². The number of allylic oxidation sites excluding steroid dienone is 2. The van der Waals surface area contributed by atoms with E-state index in [9.17, 15) is 24.2 Å². The molecule has 0 aliphatic carbocycles. The van der Waals surface area contributed by atoms with Crippen LogP contribution in [0.3, 0.4) is 0 Å². The van der Waals surface area contributed by atoms with Crippen LogP contribution < -0.4 is 5.32 Å². The van der Waals surface area contributed by atoms with E-state index in [0.717, 1.165) is 38.5 Å². The molecule has 1 amide bonds. The SMILES string of the molecule is CCCCCCCC/C=C/CCCCCCCCCCCCCCCC(=O)NCCOP(=O)(O)OCC(O)COC(=O)CCCCCCCCCCCCCCCCC. The minimum Gasteiger partial charge on any atom is -0.463 e. The first-order valence-electron chi connectivity index (χ1n) is 25.2. The number of carbonyl (C=O) groups excluding carboxylic acids is 2. The number of unbranched alkanes of at least 4 members (excludes halogenated alkanes) is 33. The molecule has 2 atom stereocenters. The number of aliphatic hydroxyl groups is 1. The minimum absolute atomic E-state index is 0.0862. The zero-order valence-electron chi connectivity index (χ0n) is 38.7. The topological polar surface area (TPSA) is 131 Å². The summed E-state index contributed by atoms with van der Waals surface area (Å²) in [6.45, 7) is 3.60. The van der Waals surface area contributed by atoms with Gasteiger partial charge in [0.15, 0.2) is 0 Å². The fraction of sp³-hybridized carbons (Fsp3) is 0.918. The first-order chi connectivity index (χ1) is 28.8. The second kappa shape index (κ2) is 46.3. The zero-order valence-corrected chi connectivity index (χ0v) is 39.6. The van der Waals surface area contributed by atoms with Crippen LogP contribution in [0.25, 0.3) is 0 Å². The van der Waals surface area contributed by atoms with Crippen LogP contribution in [0.2, 0.25) is 0 Å². The van der Waals surface area contributed by atoms with Crippen molar-refractivity contribution in [1.29, 1.82) is 0 Å². The zero-order chi connectivity index (χ0) is 43.2. The maximum atomic E-state index is 12.1. The lowest BCUT2D eigenvalue weighted by Crippen LogP contribution is -2.27. The fourth-order valence-corrected chi connectivity index (χ4v) is 8.13. The number of carbonyl (C=O) groups is 2. The van der Waals surface area contributed by atoms with Gasteiger partial charge in [-0.3, -0.25) is 18.6 Å². The van der Waals surface area contributed by atoms with Gasteiger partial charge in [-0.25, -0.2) is 4.57 Å². The van der Waals surface area contributed by atoms with Crippen molar-refractivity contribution in [3.05, 3.63) is 12.2 Å². The standard InChI is InChI=1S/C49H96NO8P/c1-3-5-7-9-11-13-15-17-19-20-21-22-23-24-25-26-28-29-31-33-35-37-39-41-48(52)50-43-44-57-59(54,55)58-46-47(51)45-56-49(53)42-40-38-36-34-32-30-27-18-16-14-12-10-8-6-4-2/h17,19,47,51H,3-16,18,20-46H2,1-2H3,(H,50,52)(H,54,55)/b19-17+. The van der Waals surface area contributed by atoms with E-state index < -0.39 is 26.5 Å². The average molecular weight is 858 g/mol. The lowest BCUT2D eigenvalue weighted by molar-refractivity contribution is -0.147. The smallest absolute Gasteiger partial charge is 0.463 e. The van der Waals surface area contributed by atoms with Gasteiger partial charge in [-0.05, 0) is 38.5 Å². The Labute approximate surface area is 364 Å². The Balaban J connectivity index is 3.51. The Morgan fingerprint density at radius 2 is 0.864 bits per heavy atom. The van der Waals surface area contributed by atoms with E-state index in [2.05, 4.69) is 31.3 Å². The molecule has 0 aromatic rings. The van der Waals surface area contributed by atoms with E-state index in [1.165, 1.54) is 193 Å². The van der Waals surface area contributed by atoms with E-state index in [-0.39, 0.29) is 32.1 Å². The third-order valence-electron chi connectivity index (χ3n) is 11.2. The summed E-state index contributed by atoms with van der Waals surface area (Å²) in [6, 6.07) is 0. The second-order valence-electron chi connectivity index (χ2n) is 17.1. The predicted molar refractivity (Wildman–Crippen MR) is 248 cm³/mol. The van der Waals surface area contributed by atoms with E-state index in [1.807, 2.05) is 0 Å². The van der Waals surface area contributed by atoms with E-state index in [0.29, 0.717) is 6.42 Å². The maximum absolute atomic E-state index is 12.1. The summed E-state index contributed by atoms with van der Waals surface area (Å²) >= 11 is 0. The van der Waals surface area contributed by atoms with Gasteiger partial charge >= 0.3 is 13.8 Å². The van der Waals surface area contributed by atoms with Crippen molar-refractivity contribution in [2.24, 2.45) is 0 Å². The predicted octanol–water partition coefficient (Wildman–Crippen LogP) is 14.6. The van der Waals surface area contributed by atoms with Gasteiger partial charge in [0.1, 0.15) is 12.7 Å². The van der Waals surface area contributed by atoms with Crippen LogP contribution in [-0.2, 0) is 27.9 Å². The number of hydrogen-bond acceptors (Lipinski definition) is 7. The Kier molecular flexibility index (Phi) is 45.3. The molecule has 0 heterocycles. The molecule has 0 rings (SSSR count). The highest BCUT2D eigenvalue weighted by Gasteiger charge is 2.23. The molecule has 0 saturated heterocycles. The molecule has 0 aromatic carbocycles. The fourth-order valence-electron chi connectivity index (χ4n) is 7.38. The largest absolute Gasteiger partial charge is 0.472 e. The Morgan fingerprint density at radius 1 is 0.508 bits per heavy atom. The quantitative estimate of drug-likeness (QED) is 0.0239. The summed E-state index contributed by atoms with van der Waals surface area (Å²) < 4.78 is 27.0. The van der Waals surface area contributed by atoms with Crippen LogP contribution in [0.15, 0.2) is 12.2 Å². The van der Waals surface area contributed by atoms with E-state index in [1.54, 1.807) is 0 Å². The van der Waals surface area contributed by atoms with Crippen molar-refractivity contribution in [1.82, 2.24) is 5.32 Å². The number of hydrogen-bond donors (Lipinski definition) is 3. The first-order valence-corrected chi connectivity index (χ1v) is 26.7. The number of nitrogens with one attached hydrogen (secondary N) is 1. The van der Waals surface area contributed by atoms with Crippen LogP contribution in [0.4, 0.5) is 0 Å². The number of ether oxygens (including phenoxy) is 1. The van der Waals surface area contributed by atoms with Gasteiger partial charge in [0.25, 0.3) is 0 Å². The molecule has 0 saturated carbocycles. The molecule has 0 aliphatic rings. The summed E-state index contributed by atoms with van der Waals surface area (Å²) in [5.74, 6) is -0.503. The van der Waals surface area contributed by atoms with E-state index in [4.69, 9.17) is 13.8 Å². The van der Waals surface area contributed by atoms with Crippen molar-refractivity contribution in [3.8, 4) is 0 Å². The average Bonchev–Trinajstić information content (AvgIpc) is 3.22. The summed E-state index contributed by atoms with van der Waals surface area (Å²) in [4.78, 5) is 34.0. The van der Waals surface area contributed by atoms with Crippen LogP contribution >= 0.6 is 7.82 Å². The molecule has 9 nitrogen and oxygen atoms in total. The van der Waals surface area contributed by atoms with Gasteiger partial charge in [-0.15, -0.1) is 0 Å². The van der Waals surface area contributed by atoms with Gasteiger partial charge in [0.2, 0.25) is 5.91 Å². The van der Waals surface area contributed by atoms with Crippen molar-refractivity contribution < 1.29 is 37.9 Å². The van der Waals surface area contributed by atoms with Crippen LogP contribution in [-0.4, -0.2) is 54.3 Å². The second-order valence-corrected chi connectivity index (χ2v) is 18.6. The number of aliphatic hydroxyl groups excluding tert-OH is 1. The molecule has 0 aliphatic heterocycles. The van der Waals surface area contributed by atoms with Gasteiger partial charge < -0.3 is 20.1 Å². The van der Waals surface area contributed by atoms with Crippen LogP contribution in [0.5, 0.6) is 0 Å². The Morgan fingerprint density at radius 3 is 1.27 bits per heavy atom. The highest BCUT2D eigenvalue weighted by atomic mass is 31.2. The number of rotatable bonds is 48. The van der Waals surface area contributed by atoms with Crippen molar-refractivity contribution >= 4 is 19.7 Å². The van der Waals surface area contributed by atoms with Gasteiger partial charge in [0.05, 0.1) is 13.2 Å². The minimum atomic E-state index is -4.41. The Bertz CT molecular complexity index is 980. The van der Waals surface area contributed by atoms with Gasteiger partial charge in [-0.2, -0.15) is 0 Å². The number of phosphoric acid groups is 1. The molecule has 0 bridgehead atoms. The Hall–Kier alpha value is -1.25. The first kappa shape index (κ1) is 57.8. The molecule has 0 radical (unpaired) electrons. The number of phosphoric ester groups is 1. The molecular weight excluding hydrogens is 762 g/mol. The lowest BCUT2D eigenvalue weighted by Gasteiger charge is -2.15. The third-order valence-corrected chi connectivity index (χ3v) is 12.2. The number of esters is 1. The molecule has 0 spiro atoms.